The summed E-state index contributed by atoms with van der Waals surface area (Å²) in [6.45, 7) is 5.48. The molecule has 0 saturated carbocycles. The zero-order valence-corrected chi connectivity index (χ0v) is 31.1. The average Bonchev–Trinajstić information content (AvgIpc) is 3.17. The highest BCUT2D eigenvalue weighted by atomic mass is 16.5. The first-order chi connectivity index (χ1) is 26.4. The number of phenolic OH excluding ortho intramolecular Hbond substituents is 3. The lowest BCUT2D eigenvalue weighted by molar-refractivity contribution is 0.302. The predicted octanol–water partition coefficient (Wildman–Crippen LogP) is 9.45. The minimum absolute atomic E-state index is 0.0914. The maximum atomic E-state index is 11.1. The van der Waals surface area contributed by atoms with Crippen molar-refractivity contribution in [2.24, 2.45) is 0 Å². The van der Waals surface area contributed by atoms with E-state index in [2.05, 4.69) is 70.4 Å². The Morgan fingerprint density at radius 2 is 0.889 bits per heavy atom. The highest BCUT2D eigenvalue weighted by Crippen LogP contribution is 2.37. The van der Waals surface area contributed by atoms with Crippen molar-refractivity contribution in [3.05, 3.63) is 54.6 Å². The van der Waals surface area contributed by atoms with Gasteiger partial charge in [0.1, 0.15) is 40.6 Å². The zero-order chi connectivity index (χ0) is 38.4. The summed E-state index contributed by atoms with van der Waals surface area (Å²) in [5, 5.41) is 33.3. The number of aromatic hydroxyl groups is 3. The smallest absolute Gasteiger partial charge is 0.167 e. The molecule has 0 amide bonds. The average molecular weight is 726 g/mol. The number of nitrogens with zero attached hydrogens (tertiary/aromatic N) is 3. The summed E-state index contributed by atoms with van der Waals surface area (Å²) in [6.07, 6.45) is 21.2. The standard InChI is InChI=1S/C45H47N3O6/c1-4-7-10-13-16-19-28-52-34-22-25-37(40(49)31-34)43-46-44(38-26-23-35(32-41(38)50)53-29-20-17-14-11-8-5-2)48-45(47-43)39-27-24-36(33-42(39)51)54-30-21-18-15-12-9-6-3/h1,22-27,31-33,49-51H,5-6,8-9,11-12,14-15,17-18,20-21,29-30H2,2-3H3. The Balaban J connectivity index is 1.60. The number of aromatic nitrogens is 3. The maximum absolute atomic E-state index is 11.1. The molecule has 0 fully saturated rings. The van der Waals surface area contributed by atoms with Gasteiger partial charge in [-0.3, -0.25) is 0 Å². The van der Waals surface area contributed by atoms with E-state index in [-0.39, 0.29) is 46.0 Å². The summed E-state index contributed by atoms with van der Waals surface area (Å²) < 4.78 is 17.2. The van der Waals surface area contributed by atoms with Crippen LogP contribution >= 0.6 is 0 Å². The van der Waals surface area contributed by atoms with E-state index in [4.69, 9.17) is 20.6 Å². The van der Waals surface area contributed by atoms with Gasteiger partial charge in [0.05, 0.1) is 29.9 Å². The quantitative estimate of drug-likeness (QED) is 0.0603. The number of hydrogen-bond acceptors (Lipinski definition) is 9. The third-order valence-corrected chi connectivity index (χ3v) is 8.34. The highest BCUT2D eigenvalue weighted by molar-refractivity contribution is 5.74. The first-order valence-corrected chi connectivity index (χ1v) is 18.6. The molecular weight excluding hydrogens is 679 g/mol. The van der Waals surface area contributed by atoms with Gasteiger partial charge in [-0.15, -0.1) is 6.42 Å². The molecule has 4 aromatic rings. The first-order valence-electron chi connectivity index (χ1n) is 18.6. The lowest BCUT2D eigenvalue weighted by atomic mass is 10.1. The molecule has 0 atom stereocenters. The van der Waals surface area contributed by atoms with Gasteiger partial charge < -0.3 is 29.5 Å². The van der Waals surface area contributed by atoms with E-state index in [1.54, 1.807) is 36.4 Å². The lowest BCUT2D eigenvalue weighted by Crippen LogP contribution is -2.02. The Morgan fingerprint density at radius 1 is 0.500 bits per heavy atom. The minimum Gasteiger partial charge on any atom is -0.507 e. The monoisotopic (exact) mass is 725 g/mol. The first kappa shape index (κ1) is 40.5. The number of unbranched alkanes of at least 4 members (excludes halogenated alkanes) is 10. The van der Waals surface area contributed by atoms with E-state index in [1.165, 1.54) is 69.6 Å². The summed E-state index contributed by atoms with van der Waals surface area (Å²) in [4.78, 5) is 13.9. The van der Waals surface area contributed by atoms with Crippen LogP contribution in [0.1, 0.15) is 90.9 Å². The van der Waals surface area contributed by atoms with Crippen molar-refractivity contribution in [2.75, 3.05) is 13.2 Å². The van der Waals surface area contributed by atoms with Crippen LogP contribution in [0.5, 0.6) is 34.5 Å². The normalized spacial score (nSPS) is 10.1. The second-order valence-electron chi connectivity index (χ2n) is 12.5. The van der Waals surface area contributed by atoms with E-state index in [0.29, 0.717) is 35.8 Å². The van der Waals surface area contributed by atoms with E-state index in [1.807, 2.05) is 0 Å². The summed E-state index contributed by atoms with van der Waals surface area (Å²) in [5.41, 5.74) is 0.877. The number of terminal acetylenes is 1. The number of ether oxygens (including phenoxy) is 3. The molecule has 3 N–H and O–H groups in total. The molecule has 278 valence electrons. The van der Waals surface area contributed by atoms with Crippen LogP contribution in [0.15, 0.2) is 54.6 Å². The third-order valence-electron chi connectivity index (χ3n) is 8.34. The number of benzene rings is 3. The topological polar surface area (TPSA) is 127 Å². The van der Waals surface area contributed by atoms with Crippen LogP contribution in [0, 0.1) is 48.1 Å². The van der Waals surface area contributed by atoms with Crippen molar-refractivity contribution in [1.82, 2.24) is 15.0 Å². The molecule has 0 unspecified atom stereocenters. The molecule has 0 aliphatic carbocycles. The molecule has 0 aliphatic heterocycles. The van der Waals surface area contributed by atoms with Crippen LogP contribution in [0.25, 0.3) is 34.2 Å². The summed E-state index contributed by atoms with van der Waals surface area (Å²) in [6, 6.07) is 14.4. The van der Waals surface area contributed by atoms with Crippen LogP contribution < -0.4 is 14.2 Å². The van der Waals surface area contributed by atoms with E-state index in [0.717, 1.165) is 25.7 Å². The molecular formula is C45H47N3O6. The SMILES string of the molecule is C#CC#CC#CC#COc1ccc(-c2nc(-c3ccc(OCCCCCCCC)cc3O)nc(-c3ccc(OCCCCCCCC)cc3O)n2)c(O)c1. The van der Waals surface area contributed by atoms with Crippen LogP contribution in [-0.4, -0.2) is 43.5 Å². The van der Waals surface area contributed by atoms with Crippen LogP contribution in [-0.2, 0) is 0 Å². The van der Waals surface area contributed by atoms with Gasteiger partial charge in [-0.05, 0) is 67.0 Å². The number of phenols is 3. The van der Waals surface area contributed by atoms with Crippen molar-refractivity contribution in [3.63, 3.8) is 0 Å². The van der Waals surface area contributed by atoms with Crippen molar-refractivity contribution in [1.29, 1.82) is 0 Å². The van der Waals surface area contributed by atoms with Crippen molar-refractivity contribution >= 4 is 0 Å². The van der Waals surface area contributed by atoms with Gasteiger partial charge in [-0.1, -0.05) is 78.1 Å². The van der Waals surface area contributed by atoms with Crippen LogP contribution in [0.3, 0.4) is 0 Å². The van der Waals surface area contributed by atoms with E-state index in [9.17, 15) is 15.3 Å². The molecule has 4 rings (SSSR count). The molecule has 54 heavy (non-hydrogen) atoms. The second kappa shape index (κ2) is 22.6. The van der Waals surface area contributed by atoms with Gasteiger partial charge in [0.25, 0.3) is 0 Å². The Morgan fingerprint density at radius 3 is 1.33 bits per heavy atom. The summed E-state index contributed by atoms with van der Waals surface area (Å²) in [5.74, 6) is 15.7. The molecule has 0 aliphatic rings. The summed E-state index contributed by atoms with van der Waals surface area (Å²) in [7, 11) is 0. The zero-order valence-electron chi connectivity index (χ0n) is 31.1. The van der Waals surface area contributed by atoms with E-state index >= 15 is 0 Å². The molecule has 0 bridgehead atoms. The molecule has 9 heteroatoms. The predicted molar refractivity (Wildman–Crippen MR) is 212 cm³/mol. The maximum Gasteiger partial charge on any atom is 0.167 e. The molecule has 1 aromatic heterocycles. The number of rotatable bonds is 20. The molecule has 3 aromatic carbocycles. The van der Waals surface area contributed by atoms with Crippen molar-refractivity contribution in [3.8, 4) is 117 Å². The van der Waals surface area contributed by atoms with Crippen LogP contribution in [0.2, 0.25) is 0 Å². The van der Waals surface area contributed by atoms with Crippen molar-refractivity contribution < 1.29 is 29.5 Å². The fourth-order valence-electron chi connectivity index (χ4n) is 5.47. The number of hydrogen-bond donors (Lipinski definition) is 3. The highest BCUT2D eigenvalue weighted by Gasteiger charge is 2.19. The molecule has 0 radical (unpaired) electrons. The molecule has 1 heterocycles. The Bertz CT molecular complexity index is 1990. The second-order valence-corrected chi connectivity index (χ2v) is 12.5. The summed E-state index contributed by atoms with van der Waals surface area (Å²) >= 11 is 0. The lowest BCUT2D eigenvalue weighted by Gasteiger charge is -2.13. The van der Waals surface area contributed by atoms with Crippen molar-refractivity contribution in [2.45, 2.75) is 90.9 Å². The van der Waals surface area contributed by atoms with Gasteiger partial charge in [-0.25, -0.2) is 15.0 Å². The Labute approximate surface area is 319 Å². The molecule has 0 spiro atoms. The fraction of sp³-hybridized carbons (Fsp3) is 0.356. The Kier molecular flexibility index (Phi) is 16.9. The third kappa shape index (κ3) is 13.0. The minimum atomic E-state index is -0.200. The molecule has 9 nitrogen and oxygen atoms in total. The van der Waals surface area contributed by atoms with E-state index < -0.39 is 0 Å². The van der Waals surface area contributed by atoms with Gasteiger partial charge in [-0.2, -0.15) is 0 Å². The van der Waals surface area contributed by atoms with Gasteiger partial charge in [0, 0.05) is 36.0 Å². The van der Waals surface area contributed by atoms with Gasteiger partial charge >= 0.3 is 0 Å². The van der Waals surface area contributed by atoms with Gasteiger partial charge in [0.15, 0.2) is 17.5 Å². The fourth-order valence-corrected chi connectivity index (χ4v) is 5.47. The Hall–Kier alpha value is -6.29. The molecule has 0 saturated heterocycles. The van der Waals surface area contributed by atoms with Crippen LogP contribution in [0.4, 0.5) is 0 Å². The largest absolute Gasteiger partial charge is 0.507 e. The van der Waals surface area contributed by atoms with Gasteiger partial charge in [0.2, 0.25) is 0 Å².